The molecular formula is C37H26NOP. The number of fused-ring (bicyclic) bond motifs is 5. The zero-order chi connectivity index (χ0) is 26.5. The maximum Gasteiger partial charge on any atom is 0.143 e. The Bertz CT molecular complexity index is 2020. The van der Waals surface area contributed by atoms with Crippen LogP contribution in [-0.2, 0) is 6.42 Å². The lowest BCUT2D eigenvalue weighted by Crippen LogP contribution is -1.93. The van der Waals surface area contributed by atoms with Crippen molar-refractivity contribution in [2.75, 3.05) is 0 Å². The first-order valence-electron chi connectivity index (χ1n) is 13.8. The van der Waals surface area contributed by atoms with Crippen molar-refractivity contribution >= 4 is 45.7 Å². The molecule has 2 heterocycles. The molecule has 7 aromatic rings. The molecule has 0 N–H and O–H groups in total. The summed E-state index contributed by atoms with van der Waals surface area (Å²) < 4.78 is 6.87. The maximum absolute atomic E-state index is 6.87. The van der Waals surface area contributed by atoms with E-state index in [0.717, 1.165) is 45.9 Å². The van der Waals surface area contributed by atoms with Crippen LogP contribution in [0.4, 0.5) is 0 Å². The van der Waals surface area contributed by atoms with Crippen LogP contribution in [0.25, 0.3) is 54.6 Å². The summed E-state index contributed by atoms with van der Waals surface area (Å²) in [6.45, 7) is 0. The third-order valence-electron chi connectivity index (χ3n) is 7.99. The van der Waals surface area contributed by atoms with Crippen molar-refractivity contribution in [2.24, 2.45) is 0 Å². The highest BCUT2D eigenvalue weighted by atomic mass is 31.1. The van der Waals surface area contributed by atoms with E-state index >= 15 is 0 Å². The Kier molecular flexibility index (Phi) is 5.53. The van der Waals surface area contributed by atoms with Gasteiger partial charge in [-0.3, -0.25) is 4.98 Å². The normalized spacial score (nSPS) is 13.2. The van der Waals surface area contributed by atoms with Gasteiger partial charge in [0.05, 0.1) is 0 Å². The van der Waals surface area contributed by atoms with E-state index in [0.29, 0.717) is 0 Å². The maximum atomic E-state index is 6.87. The van der Waals surface area contributed by atoms with Gasteiger partial charge in [0.2, 0.25) is 0 Å². The molecule has 0 amide bonds. The van der Waals surface area contributed by atoms with Crippen molar-refractivity contribution in [3.05, 3.63) is 139 Å². The van der Waals surface area contributed by atoms with Crippen molar-refractivity contribution in [2.45, 2.75) is 12.8 Å². The Labute approximate surface area is 234 Å². The largest absolute Gasteiger partial charge is 0.456 e. The molecule has 0 radical (unpaired) electrons. The van der Waals surface area contributed by atoms with Gasteiger partial charge in [0.25, 0.3) is 0 Å². The Morgan fingerprint density at radius 2 is 1.43 bits per heavy atom. The number of allylic oxidation sites excluding steroid dienone is 1. The summed E-state index contributed by atoms with van der Waals surface area (Å²) in [6, 6.07) is 39.0. The van der Waals surface area contributed by atoms with Gasteiger partial charge in [-0.05, 0) is 75.2 Å². The van der Waals surface area contributed by atoms with E-state index < -0.39 is 7.53 Å². The van der Waals surface area contributed by atoms with Gasteiger partial charge in [0, 0.05) is 33.7 Å². The second-order valence-electron chi connectivity index (χ2n) is 10.3. The third-order valence-corrected chi connectivity index (χ3v) is 10.7. The van der Waals surface area contributed by atoms with E-state index in [1.807, 2.05) is 12.4 Å². The predicted molar refractivity (Wildman–Crippen MR) is 170 cm³/mol. The number of hydrogen-bond donors (Lipinski definition) is 0. The molecule has 40 heavy (non-hydrogen) atoms. The minimum atomic E-state index is -0.507. The molecular weight excluding hydrogens is 505 g/mol. The fourth-order valence-electron chi connectivity index (χ4n) is 6.26. The molecule has 0 fully saturated rings. The van der Waals surface area contributed by atoms with Crippen LogP contribution in [0.1, 0.15) is 17.3 Å². The van der Waals surface area contributed by atoms with Crippen molar-refractivity contribution in [3.8, 4) is 27.9 Å². The molecule has 8 rings (SSSR count). The molecule has 0 aliphatic heterocycles. The number of rotatable bonds is 4. The highest BCUT2D eigenvalue weighted by Crippen LogP contribution is 2.56. The van der Waals surface area contributed by atoms with Gasteiger partial charge in [-0.2, -0.15) is 0 Å². The van der Waals surface area contributed by atoms with E-state index in [1.165, 1.54) is 32.5 Å². The molecule has 1 atom stereocenters. The Balaban J connectivity index is 1.34. The number of benzene rings is 5. The van der Waals surface area contributed by atoms with Gasteiger partial charge in [0.15, 0.2) is 0 Å². The van der Waals surface area contributed by atoms with Crippen molar-refractivity contribution < 1.29 is 4.74 Å². The van der Waals surface area contributed by atoms with Crippen LogP contribution in [-0.4, -0.2) is 4.98 Å². The fraction of sp³-hybridized carbons (Fsp3) is 0.0541. The third kappa shape index (κ3) is 3.68. The molecule has 1 unspecified atom stereocenters. The van der Waals surface area contributed by atoms with Gasteiger partial charge < -0.3 is 4.74 Å². The molecule has 190 valence electrons. The smallest absolute Gasteiger partial charge is 0.143 e. The summed E-state index contributed by atoms with van der Waals surface area (Å²) in [6.07, 6.45) is 10.7. The minimum Gasteiger partial charge on any atom is -0.456 e. The van der Waals surface area contributed by atoms with E-state index in [2.05, 4.69) is 126 Å². The number of nitrogens with zero attached hydrogens (tertiary/aromatic N) is 1. The molecule has 1 aliphatic rings. The zero-order valence-corrected chi connectivity index (χ0v) is 22.8. The van der Waals surface area contributed by atoms with Crippen LogP contribution in [0.5, 0.6) is 11.5 Å². The van der Waals surface area contributed by atoms with Gasteiger partial charge in [-0.25, -0.2) is 0 Å². The van der Waals surface area contributed by atoms with Crippen LogP contribution in [0, 0.1) is 0 Å². The van der Waals surface area contributed by atoms with Crippen LogP contribution in [0.3, 0.4) is 0 Å². The number of pyridine rings is 1. The molecule has 0 spiro atoms. The lowest BCUT2D eigenvalue weighted by Gasteiger charge is -2.17. The molecule has 0 saturated carbocycles. The van der Waals surface area contributed by atoms with Crippen LogP contribution >= 0.6 is 7.53 Å². The highest BCUT2D eigenvalue weighted by molar-refractivity contribution is 7.63. The quantitative estimate of drug-likeness (QED) is 0.211. The van der Waals surface area contributed by atoms with Crippen molar-refractivity contribution in [1.29, 1.82) is 0 Å². The van der Waals surface area contributed by atoms with Gasteiger partial charge >= 0.3 is 0 Å². The van der Waals surface area contributed by atoms with E-state index in [4.69, 9.17) is 4.74 Å². The standard InChI is InChI=1S/C37H26NOP/c1-3-11-25(12-4-1)36-29-16-7-8-17-30(29)37(31-21-22-38-24-33(31)36)39-26-19-20-35-32(23-26)28-15-9-10-18-34(28)40(35)27-13-5-2-6-14-27/h1-9,11-17,19-24H,10,18H2. The van der Waals surface area contributed by atoms with Gasteiger partial charge in [-0.1, -0.05) is 105 Å². The average molecular weight is 532 g/mol. The molecule has 2 aromatic heterocycles. The van der Waals surface area contributed by atoms with Crippen molar-refractivity contribution in [3.63, 3.8) is 0 Å². The van der Waals surface area contributed by atoms with Crippen molar-refractivity contribution in [1.82, 2.24) is 4.98 Å². The highest BCUT2D eigenvalue weighted by Gasteiger charge is 2.21. The monoisotopic (exact) mass is 531 g/mol. The molecule has 2 nitrogen and oxygen atoms in total. The first-order chi connectivity index (χ1) is 19.9. The summed E-state index contributed by atoms with van der Waals surface area (Å²) >= 11 is 0. The Morgan fingerprint density at radius 1 is 0.675 bits per heavy atom. The molecule has 5 aromatic carbocycles. The van der Waals surface area contributed by atoms with Crippen LogP contribution in [0.2, 0.25) is 0 Å². The predicted octanol–water partition coefficient (Wildman–Crippen LogP) is 10.9. The summed E-state index contributed by atoms with van der Waals surface area (Å²) in [5.41, 5.74) is 3.76. The van der Waals surface area contributed by atoms with Gasteiger partial charge in [-0.15, -0.1) is 0 Å². The summed E-state index contributed by atoms with van der Waals surface area (Å²) in [7, 11) is -0.507. The Hall–Kier alpha value is -4.65. The van der Waals surface area contributed by atoms with Gasteiger partial charge in [0.1, 0.15) is 11.5 Å². The van der Waals surface area contributed by atoms with E-state index in [9.17, 15) is 0 Å². The average Bonchev–Trinajstić information content (AvgIpc) is 3.35. The molecule has 1 aliphatic carbocycles. The lowest BCUT2D eigenvalue weighted by molar-refractivity contribution is 0.494. The molecule has 0 saturated heterocycles. The number of hydrogen-bond acceptors (Lipinski definition) is 2. The van der Waals surface area contributed by atoms with E-state index in [1.54, 1.807) is 5.30 Å². The second kappa shape index (κ2) is 9.52. The van der Waals surface area contributed by atoms with E-state index in [-0.39, 0.29) is 0 Å². The first kappa shape index (κ1) is 23.3. The zero-order valence-electron chi connectivity index (χ0n) is 21.9. The molecule has 3 heteroatoms. The summed E-state index contributed by atoms with van der Waals surface area (Å²) in [5.74, 6) is 1.74. The number of aromatic nitrogens is 1. The second-order valence-corrected chi connectivity index (χ2v) is 12.5. The minimum absolute atomic E-state index is 0.507. The lowest BCUT2D eigenvalue weighted by atomic mass is 9.92. The topological polar surface area (TPSA) is 22.1 Å². The summed E-state index contributed by atoms with van der Waals surface area (Å²) in [4.78, 5) is 4.52. The molecule has 0 bridgehead atoms. The SMILES string of the molecule is C1=Cc2c(p(-c3ccccc3)c3ccc(Oc4c5ccccc5c(-c5ccccc5)c5cnccc45)cc23)CC1. The number of ether oxygens (including phenoxy) is 1. The Morgan fingerprint density at radius 3 is 2.27 bits per heavy atom. The van der Waals surface area contributed by atoms with Crippen LogP contribution < -0.4 is 4.74 Å². The first-order valence-corrected chi connectivity index (χ1v) is 15.1. The summed E-state index contributed by atoms with van der Waals surface area (Å²) in [5, 5.41) is 10.2. The fourth-order valence-corrected chi connectivity index (χ4v) is 9.05. The van der Waals surface area contributed by atoms with Crippen LogP contribution in [0.15, 0.2) is 128 Å².